The Morgan fingerprint density at radius 3 is 2.41 bits per heavy atom. The first kappa shape index (κ1) is 22.8. The van der Waals surface area contributed by atoms with Crippen molar-refractivity contribution in [3.63, 3.8) is 0 Å². The van der Waals surface area contributed by atoms with Crippen molar-refractivity contribution < 1.29 is 13.2 Å². The fraction of sp³-hybridized carbons (Fsp3) is 0.375. The molecule has 0 saturated carbocycles. The molecule has 1 saturated heterocycles. The Morgan fingerprint density at radius 1 is 1.03 bits per heavy atom. The maximum absolute atomic E-state index is 13.1. The minimum absolute atomic E-state index is 0.112. The number of benzene rings is 2. The fourth-order valence-electron chi connectivity index (χ4n) is 4.14. The van der Waals surface area contributed by atoms with Crippen LogP contribution >= 0.6 is 11.6 Å². The van der Waals surface area contributed by atoms with Crippen molar-refractivity contribution in [3.05, 3.63) is 65.3 Å². The highest BCUT2D eigenvalue weighted by Gasteiger charge is 2.26. The van der Waals surface area contributed by atoms with E-state index in [4.69, 9.17) is 11.6 Å². The van der Waals surface area contributed by atoms with Crippen molar-refractivity contribution in [2.75, 3.05) is 13.1 Å². The van der Waals surface area contributed by atoms with Gasteiger partial charge in [0.1, 0.15) is 6.04 Å². The van der Waals surface area contributed by atoms with Gasteiger partial charge < -0.3 is 9.88 Å². The quantitative estimate of drug-likeness (QED) is 0.562. The van der Waals surface area contributed by atoms with Crippen LogP contribution in [-0.4, -0.2) is 36.3 Å². The Labute approximate surface area is 194 Å². The number of hydrogen-bond donors (Lipinski definition) is 1. The highest BCUT2D eigenvalue weighted by Crippen LogP contribution is 2.26. The predicted octanol–water partition coefficient (Wildman–Crippen LogP) is 4.74. The summed E-state index contributed by atoms with van der Waals surface area (Å²) in [6.07, 6.45) is 5.79. The largest absolute Gasteiger partial charge is 0.350 e. The summed E-state index contributed by atoms with van der Waals surface area (Å²) >= 11 is 5.91. The number of carbonyl (C=O) groups excluding carboxylic acids is 1. The molecule has 2 heterocycles. The van der Waals surface area contributed by atoms with E-state index in [0.29, 0.717) is 29.6 Å². The van der Waals surface area contributed by atoms with E-state index in [0.717, 1.165) is 42.1 Å². The van der Waals surface area contributed by atoms with E-state index in [1.165, 1.54) is 0 Å². The van der Waals surface area contributed by atoms with Crippen LogP contribution in [0.2, 0.25) is 5.02 Å². The lowest BCUT2D eigenvalue weighted by Gasteiger charge is -2.20. The van der Waals surface area contributed by atoms with E-state index < -0.39 is 16.1 Å². The number of carbonyl (C=O) groups is 1. The molecule has 1 atom stereocenters. The molecule has 32 heavy (non-hydrogen) atoms. The molecule has 1 aromatic heterocycles. The van der Waals surface area contributed by atoms with Crippen molar-refractivity contribution in [1.29, 1.82) is 0 Å². The first-order valence-corrected chi connectivity index (χ1v) is 12.8. The molecule has 0 bridgehead atoms. The van der Waals surface area contributed by atoms with Crippen LogP contribution in [0.3, 0.4) is 0 Å². The number of amides is 1. The summed E-state index contributed by atoms with van der Waals surface area (Å²) in [5.74, 6) is -0.112. The van der Waals surface area contributed by atoms with Gasteiger partial charge in [0.2, 0.25) is 15.9 Å². The number of nitrogens with zero attached hydrogens (tertiary/aromatic N) is 2. The summed E-state index contributed by atoms with van der Waals surface area (Å²) in [7, 11) is -3.51. The zero-order chi connectivity index (χ0) is 22.7. The van der Waals surface area contributed by atoms with Gasteiger partial charge >= 0.3 is 0 Å². The maximum atomic E-state index is 13.1. The van der Waals surface area contributed by atoms with Crippen LogP contribution in [0.15, 0.2) is 59.6 Å². The van der Waals surface area contributed by atoms with E-state index in [1.807, 2.05) is 35.9 Å². The van der Waals surface area contributed by atoms with E-state index in [2.05, 4.69) is 5.32 Å². The van der Waals surface area contributed by atoms with Crippen LogP contribution < -0.4 is 5.32 Å². The molecule has 0 aliphatic carbocycles. The average Bonchev–Trinajstić information content (AvgIpc) is 3.01. The Balaban J connectivity index is 1.50. The molecule has 3 aromatic rings. The van der Waals surface area contributed by atoms with Crippen molar-refractivity contribution in [3.8, 4) is 0 Å². The number of sulfonamides is 1. The third-order valence-corrected chi connectivity index (χ3v) is 8.22. The van der Waals surface area contributed by atoms with Crippen LogP contribution in [-0.2, 0) is 21.4 Å². The molecule has 0 spiro atoms. The second-order valence-electron chi connectivity index (χ2n) is 8.28. The highest BCUT2D eigenvalue weighted by atomic mass is 35.5. The third-order valence-electron chi connectivity index (χ3n) is 6.07. The lowest BCUT2D eigenvalue weighted by molar-refractivity contribution is -0.123. The van der Waals surface area contributed by atoms with Gasteiger partial charge in [-0.3, -0.25) is 4.79 Å². The topological polar surface area (TPSA) is 71.4 Å². The van der Waals surface area contributed by atoms with Crippen LogP contribution in [0.4, 0.5) is 0 Å². The van der Waals surface area contributed by atoms with Gasteiger partial charge in [-0.2, -0.15) is 4.31 Å². The molecule has 8 heteroatoms. The monoisotopic (exact) mass is 473 g/mol. The molecule has 1 aliphatic heterocycles. The van der Waals surface area contributed by atoms with Crippen molar-refractivity contribution in [1.82, 2.24) is 14.2 Å². The van der Waals surface area contributed by atoms with Gasteiger partial charge in [0.05, 0.1) is 4.90 Å². The second kappa shape index (κ2) is 9.65. The lowest BCUT2D eigenvalue weighted by atomic mass is 10.2. The number of nitrogens with one attached hydrogen (secondary N) is 1. The Bertz CT molecular complexity index is 1200. The van der Waals surface area contributed by atoms with Gasteiger partial charge in [0, 0.05) is 41.8 Å². The molecule has 1 aliphatic rings. The van der Waals surface area contributed by atoms with E-state index in [1.54, 1.807) is 34.6 Å². The molecule has 2 aromatic carbocycles. The molecule has 0 radical (unpaired) electrons. The zero-order valence-electron chi connectivity index (χ0n) is 18.1. The Kier molecular flexibility index (Phi) is 6.88. The Hall–Kier alpha value is -2.35. The highest BCUT2D eigenvalue weighted by molar-refractivity contribution is 7.89. The van der Waals surface area contributed by atoms with Gasteiger partial charge in [0.15, 0.2) is 0 Å². The summed E-state index contributed by atoms with van der Waals surface area (Å²) in [4.78, 5) is 13.0. The number of hydrogen-bond acceptors (Lipinski definition) is 3. The van der Waals surface area contributed by atoms with Crippen molar-refractivity contribution >= 4 is 38.4 Å². The van der Waals surface area contributed by atoms with Gasteiger partial charge in [0.25, 0.3) is 0 Å². The normalized spacial score (nSPS) is 16.6. The van der Waals surface area contributed by atoms with Gasteiger partial charge in [-0.25, -0.2) is 8.42 Å². The minimum Gasteiger partial charge on any atom is -0.350 e. The second-order valence-corrected chi connectivity index (χ2v) is 10.7. The first-order valence-electron chi connectivity index (χ1n) is 11.0. The smallest absolute Gasteiger partial charge is 0.243 e. The van der Waals surface area contributed by atoms with Crippen LogP contribution in [0.25, 0.3) is 10.9 Å². The molecule has 170 valence electrons. The van der Waals surface area contributed by atoms with E-state index in [9.17, 15) is 13.2 Å². The number of halogens is 1. The number of fused-ring (bicyclic) bond motifs is 1. The van der Waals surface area contributed by atoms with Gasteiger partial charge in [-0.05, 0) is 61.7 Å². The maximum Gasteiger partial charge on any atom is 0.243 e. The standard InChI is InChI=1S/C24H28ClN3O3S/c1-18(24(29)26-17-19-6-8-21(25)9-7-19)28-15-12-20-16-22(10-11-23(20)28)32(30,31)27-13-4-2-3-5-14-27/h6-12,15-16,18H,2-5,13-14,17H2,1H3,(H,26,29)/t18-/m1/s1. The summed E-state index contributed by atoms with van der Waals surface area (Å²) in [6, 6.07) is 13.9. The van der Waals surface area contributed by atoms with Crippen LogP contribution in [0, 0.1) is 0 Å². The molecule has 4 rings (SSSR count). The first-order chi connectivity index (χ1) is 15.4. The summed E-state index contributed by atoms with van der Waals surface area (Å²) in [5, 5.41) is 4.41. The fourth-order valence-corrected chi connectivity index (χ4v) is 5.82. The molecule has 1 amide bonds. The van der Waals surface area contributed by atoms with Gasteiger partial charge in [-0.15, -0.1) is 0 Å². The molecule has 0 unspecified atom stereocenters. The average molecular weight is 474 g/mol. The summed E-state index contributed by atoms with van der Waals surface area (Å²) < 4.78 is 29.7. The lowest BCUT2D eigenvalue weighted by Crippen LogP contribution is -2.32. The molecular formula is C24H28ClN3O3S. The summed E-state index contributed by atoms with van der Waals surface area (Å²) in [6.45, 7) is 3.40. The number of aromatic nitrogens is 1. The van der Waals surface area contributed by atoms with E-state index >= 15 is 0 Å². The zero-order valence-corrected chi connectivity index (χ0v) is 19.7. The third kappa shape index (κ3) is 4.85. The number of rotatable bonds is 6. The van der Waals surface area contributed by atoms with Crippen LogP contribution in [0.5, 0.6) is 0 Å². The molecule has 1 fully saturated rings. The van der Waals surface area contributed by atoms with Gasteiger partial charge in [-0.1, -0.05) is 36.6 Å². The van der Waals surface area contributed by atoms with Crippen molar-refractivity contribution in [2.45, 2.75) is 50.1 Å². The van der Waals surface area contributed by atoms with Crippen LogP contribution in [0.1, 0.15) is 44.2 Å². The Morgan fingerprint density at radius 2 is 1.72 bits per heavy atom. The predicted molar refractivity (Wildman–Crippen MR) is 127 cm³/mol. The molecule has 6 nitrogen and oxygen atoms in total. The van der Waals surface area contributed by atoms with E-state index in [-0.39, 0.29) is 5.91 Å². The minimum atomic E-state index is -3.51. The van der Waals surface area contributed by atoms with Crippen molar-refractivity contribution in [2.24, 2.45) is 0 Å². The SMILES string of the molecule is C[C@H](C(=O)NCc1ccc(Cl)cc1)n1ccc2cc(S(=O)(=O)N3CCCCCC3)ccc21. The molecule has 1 N–H and O–H groups in total. The summed E-state index contributed by atoms with van der Waals surface area (Å²) in [5.41, 5.74) is 1.80. The molecular weight excluding hydrogens is 446 g/mol.